The number of hydrogen-bond donors (Lipinski definition) is 0. The summed E-state index contributed by atoms with van der Waals surface area (Å²) in [7, 11) is -2.35. The number of rotatable bonds is 4. The molecule has 0 saturated heterocycles. The first-order valence-electron chi connectivity index (χ1n) is 8.85. The summed E-state index contributed by atoms with van der Waals surface area (Å²) in [6, 6.07) is 13.7. The zero-order valence-corrected chi connectivity index (χ0v) is 16.5. The van der Waals surface area contributed by atoms with Crippen LogP contribution in [0.5, 0.6) is 0 Å². The number of benzene rings is 2. The van der Waals surface area contributed by atoms with Gasteiger partial charge in [0.05, 0.1) is 15.9 Å². The lowest BCUT2D eigenvalue weighted by Crippen LogP contribution is -2.28. The van der Waals surface area contributed by atoms with E-state index in [4.69, 9.17) is 11.6 Å². The number of anilines is 1. The molecule has 1 aliphatic carbocycles. The van der Waals surface area contributed by atoms with Crippen molar-refractivity contribution in [1.82, 2.24) is 19.6 Å². The standard InChI is InChI=1S/C19H16ClN5O2S/c1-24(28(26,27)14-10-8-13(20)9-11-14)18-19-23-22-17(12-6-7-12)25(19)16-5-3-2-4-15(16)21-18/h2-5,8-12H,6-7H2,1H3. The van der Waals surface area contributed by atoms with E-state index in [-0.39, 0.29) is 10.7 Å². The molecular formula is C19H16ClN5O2S. The van der Waals surface area contributed by atoms with Crippen LogP contribution in [0.15, 0.2) is 53.4 Å². The van der Waals surface area contributed by atoms with E-state index in [1.807, 2.05) is 28.7 Å². The molecule has 0 N–H and O–H groups in total. The van der Waals surface area contributed by atoms with Crippen molar-refractivity contribution in [2.45, 2.75) is 23.7 Å². The first-order valence-corrected chi connectivity index (χ1v) is 10.7. The van der Waals surface area contributed by atoms with Gasteiger partial charge in [0.25, 0.3) is 10.0 Å². The normalized spacial score (nSPS) is 14.6. The van der Waals surface area contributed by atoms with E-state index < -0.39 is 10.0 Å². The van der Waals surface area contributed by atoms with Crippen LogP contribution in [0.4, 0.5) is 5.82 Å². The van der Waals surface area contributed by atoms with Gasteiger partial charge in [0.15, 0.2) is 5.82 Å². The van der Waals surface area contributed by atoms with Crippen molar-refractivity contribution in [3.05, 3.63) is 59.4 Å². The van der Waals surface area contributed by atoms with Crippen LogP contribution >= 0.6 is 11.6 Å². The van der Waals surface area contributed by atoms with E-state index in [0.29, 0.717) is 22.1 Å². The molecule has 0 amide bonds. The average molecular weight is 414 g/mol. The summed E-state index contributed by atoms with van der Waals surface area (Å²) in [6.07, 6.45) is 2.12. The van der Waals surface area contributed by atoms with E-state index in [1.54, 1.807) is 12.1 Å². The predicted molar refractivity (Wildman–Crippen MR) is 107 cm³/mol. The Morgan fingerprint density at radius 3 is 2.50 bits per heavy atom. The van der Waals surface area contributed by atoms with Crippen LogP contribution in [-0.4, -0.2) is 35.0 Å². The fraction of sp³-hybridized carbons (Fsp3) is 0.211. The molecular weight excluding hydrogens is 398 g/mol. The molecule has 4 aromatic rings. The third kappa shape index (κ3) is 2.63. The van der Waals surface area contributed by atoms with Gasteiger partial charge in [-0.2, -0.15) is 0 Å². The Bertz CT molecular complexity index is 1310. The highest BCUT2D eigenvalue weighted by molar-refractivity contribution is 7.92. The van der Waals surface area contributed by atoms with Gasteiger partial charge in [-0.1, -0.05) is 23.7 Å². The van der Waals surface area contributed by atoms with Crippen LogP contribution < -0.4 is 4.31 Å². The van der Waals surface area contributed by atoms with Crippen LogP contribution in [0, 0.1) is 0 Å². The van der Waals surface area contributed by atoms with E-state index >= 15 is 0 Å². The molecule has 2 heterocycles. The summed E-state index contributed by atoms with van der Waals surface area (Å²) in [5, 5.41) is 9.12. The minimum atomic E-state index is -3.83. The summed E-state index contributed by atoms with van der Waals surface area (Å²) in [6.45, 7) is 0. The Hall–Kier alpha value is -2.71. The molecule has 1 fully saturated rings. The Kier molecular flexibility index (Phi) is 3.82. The quantitative estimate of drug-likeness (QED) is 0.510. The lowest BCUT2D eigenvalue weighted by Gasteiger charge is -2.19. The number of sulfonamides is 1. The van der Waals surface area contributed by atoms with E-state index in [2.05, 4.69) is 15.2 Å². The SMILES string of the molecule is CN(c1nc2ccccc2n2c(C3CC3)nnc12)S(=O)(=O)c1ccc(Cl)cc1. The molecule has 5 rings (SSSR count). The second-order valence-electron chi connectivity index (χ2n) is 6.84. The molecule has 7 nitrogen and oxygen atoms in total. The maximum absolute atomic E-state index is 13.2. The lowest BCUT2D eigenvalue weighted by molar-refractivity contribution is 0.594. The monoisotopic (exact) mass is 413 g/mol. The number of para-hydroxylation sites is 2. The molecule has 1 saturated carbocycles. The summed E-state index contributed by atoms with van der Waals surface area (Å²) >= 11 is 5.90. The zero-order valence-electron chi connectivity index (χ0n) is 14.9. The summed E-state index contributed by atoms with van der Waals surface area (Å²) in [5.41, 5.74) is 1.98. The van der Waals surface area contributed by atoms with Gasteiger partial charge in [-0.25, -0.2) is 17.7 Å². The second kappa shape index (κ2) is 6.15. The van der Waals surface area contributed by atoms with Gasteiger partial charge in [0, 0.05) is 18.0 Å². The van der Waals surface area contributed by atoms with Crippen molar-refractivity contribution in [3.63, 3.8) is 0 Å². The molecule has 142 valence electrons. The zero-order chi connectivity index (χ0) is 19.5. The minimum absolute atomic E-state index is 0.134. The largest absolute Gasteiger partial charge is 0.274 e. The van der Waals surface area contributed by atoms with Crippen molar-refractivity contribution in [2.75, 3.05) is 11.4 Å². The number of aromatic nitrogens is 4. The van der Waals surface area contributed by atoms with E-state index in [0.717, 1.165) is 28.5 Å². The topological polar surface area (TPSA) is 80.5 Å². The van der Waals surface area contributed by atoms with Crippen molar-refractivity contribution >= 4 is 44.1 Å². The van der Waals surface area contributed by atoms with Crippen LogP contribution in [-0.2, 0) is 10.0 Å². The first-order chi connectivity index (χ1) is 13.5. The van der Waals surface area contributed by atoms with E-state index in [9.17, 15) is 8.42 Å². The van der Waals surface area contributed by atoms with Gasteiger partial charge < -0.3 is 0 Å². The Balaban J connectivity index is 1.74. The van der Waals surface area contributed by atoms with Crippen LogP contribution in [0.3, 0.4) is 0 Å². The highest BCUT2D eigenvalue weighted by Gasteiger charge is 2.32. The summed E-state index contributed by atoms with van der Waals surface area (Å²) < 4.78 is 29.4. The Morgan fingerprint density at radius 1 is 1.07 bits per heavy atom. The summed E-state index contributed by atoms with van der Waals surface area (Å²) in [5.74, 6) is 1.45. The predicted octanol–water partition coefficient (Wildman–Crippen LogP) is 3.63. The maximum Gasteiger partial charge on any atom is 0.265 e. The molecule has 0 aliphatic heterocycles. The number of hydrogen-bond acceptors (Lipinski definition) is 5. The lowest BCUT2D eigenvalue weighted by atomic mass is 10.3. The molecule has 2 aromatic heterocycles. The summed E-state index contributed by atoms with van der Waals surface area (Å²) in [4.78, 5) is 4.74. The smallest absolute Gasteiger partial charge is 0.265 e. The molecule has 0 bridgehead atoms. The minimum Gasteiger partial charge on any atom is -0.274 e. The van der Waals surface area contributed by atoms with Gasteiger partial charge in [0.1, 0.15) is 5.82 Å². The van der Waals surface area contributed by atoms with Gasteiger partial charge in [-0.15, -0.1) is 10.2 Å². The number of nitrogens with zero attached hydrogens (tertiary/aromatic N) is 5. The number of halogens is 1. The van der Waals surface area contributed by atoms with Crippen molar-refractivity contribution in [1.29, 1.82) is 0 Å². The molecule has 0 atom stereocenters. The number of fused-ring (bicyclic) bond motifs is 3. The molecule has 2 aromatic carbocycles. The van der Waals surface area contributed by atoms with Crippen LogP contribution in [0.25, 0.3) is 16.7 Å². The van der Waals surface area contributed by atoms with E-state index in [1.165, 1.54) is 19.2 Å². The molecule has 1 aliphatic rings. The van der Waals surface area contributed by atoms with Gasteiger partial charge in [0.2, 0.25) is 5.65 Å². The molecule has 9 heteroatoms. The first kappa shape index (κ1) is 17.4. The Morgan fingerprint density at radius 2 is 1.79 bits per heavy atom. The van der Waals surface area contributed by atoms with Crippen molar-refractivity contribution in [3.8, 4) is 0 Å². The molecule has 0 radical (unpaired) electrons. The Labute approximate surface area is 166 Å². The molecule has 0 unspecified atom stereocenters. The fourth-order valence-electron chi connectivity index (χ4n) is 3.29. The van der Waals surface area contributed by atoms with Crippen LogP contribution in [0.2, 0.25) is 5.02 Å². The van der Waals surface area contributed by atoms with Gasteiger partial charge >= 0.3 is 0 Å². The second-order valence-corrected chi connectivity index (χ2v) is 9.25. The van der Waals surface area contributed by atoms with Gasteiger partial charge in [-0.3, -0.25) is 4.40 Å². The van der Waals surface area contributed by atoms with Crippen LogP contribution in [0.1, 0.15) is 24.6 Å². The maximum atomic E-state index is 13.2. The highest BCUT2D eigenvalue weighted by atomic mass is 35.5. The highest BCUT2D eigenvalue weighted by Crippen LogP contribution is 2.40. The molecule has 0 spiro atoms. The molecule has 28 heavy (non-hydrogen) atoms. The fourth-order valence-corrected chi connectivity index (χ4v) is 4.56. The van der Waals surface area contributed by atoms with Crippen molar-refractivity contribution < 1.29 is 8.42 Å². The van der Waals surface area contributed by atoms with Gasteiger partial charge in [-0.05, 0) is 49.2 Å². The third-order valence-corrected chi connectivity index (χ3v) is 6.96. The van der Waals surface area contributed by atoms with Crippen molar-refractivity contribution in [2.24, 2.45) is 0 Å². The third-order valence-electron chi connectivity index (χ3n) is 4.95. The average Bonchev–Trinajstić information content (AvgIpc) is 3.45.